The number of halogens is 2. The van der Waals surface area contributed by atoms with Crippen LogP contribution in [0.3, 0.4) is 0 Å². The van der Waals surface area contributed by atoms with Crippen molar-refractivity contribution in [1.82, 2.24) is 19.7 Å². The lowest BCUT2D eigenvalue weighted by molar-refractivity contribution is -0.0446. The molecular formula is C14H18F2N4OS. The van der Waals surface area contributed by atoms with Gasteiger partial charge < -0.3 is 4.98 Å². The van der Waals surface area contributed by atoms with Crippen molar-refractivity contribution in [3.8, 4) is 0 Å². The molecule has 2 aromatic rings. The van der Waals surface area contributed by atoms with Crippen LogP contribution in [0, 0.1) is 0 Å². The van der Waals surface area contributed by atoms with Gasteiger partial charge in [-0.2, -0.15) is 5.10 Å². The first-order valence-corrected chi connectivity index (χ1v) is 8.26. The van der Waals surface area contributed by atoms with Crippen LogP contribution in [-0.2, 0) is 0 Å². The maximum Gasteiger partial charge on any atom is 0.262 e. The molecule has 22 heavy (non-hydrogen) atoms. The van der Waals surface area contributed by atoms with Crippen LogP contribution in [0.15, 0.2) is 16.1 Å². The van der Waals surface area contributed by atoms with Crippen LogP contribution >= 0.6 is 11.8 Å². The zero-order chi connectivity index (χ0) is 15.9. The van der Waals surface area contributed by atoms with E-state index in [0.29, 0.717) is 29.0 Å². The van der Waals surface area contributed by atoms with Gasteiger partial charge in [-0.15, -0.1) is 0 Å². The van der Waals surface area contributed by atoms with E-state index in [9.17, 15) is 13.6 Å². The third kappa shape index (κ3) is 3.02. The minimum absolute atomic E-state index is 0.122. The normalized spacial score (nSPS) is 19.1. The molecule has 5 nitrogen and oxygen atoms in total. The Balaban J connectivity index is 1.97. The molecule has 2 aromatic heterocycles. The molecule has 0 atom stereocenters. The molecule has 1 fully saturated rings. The minimum atomic E-state index is -2.58. The molecule has 1 aliphatic rings. The number of alkyl halides is 2. The van der Waals surface area contributed by atoms with Gasteiger partial charge >= 0.3 is 0 Å². The Labute approximate surface area is 130 Å². The second kappa shape index (κ2) is 5.64. The fourth-order valence-corrected chi connectivity index (χ4v) is 3.47. The van der Waals surface area contributed by atoms with Crippen LogP contribution in [0.5, 0.6) is 0 Å². The van der Waals surface area contributed by atoms with Crippen molar-refractivity contribution in [2.24, 2.45) is 0 Å². The van der Waals surface area contributed by atoms with Gasteiger partial charge in [0.1, 0.15) is 5.39 Å². The molecule has 0 amide bonds. The number of hydrogen-bond acceptors (Lipinski definition) is 4. The van der Waals surface area contributed by atoms with E-state index in [-0.39, 0.29) is 29.7 Å². The van der Waals surface area contributed by atoms with Crippen molar-refractivity contribution >= 4 is 22.8 Å². The van der Waals surface area contributed by atoms with Crippen LogP contribution in [0.2, 0.25) is 0 Å². The molecule has 2 heterocycles. The zero-order valence-electron chi connectivity index (χ0n) is 12.5. The number of hydrogen-bond donors (Lipinski definition) is 1. The van der Waals surface area contributed by atoms with Gasteiger partial charge in [0.25, 0.3) is 5.56 Å². The van der Waals surface area contributed by atoms with Gasteiger partial charge in [0.05, 0.1) is 12.2 Å². The van der Waals surface area contributed by atoms with Crippen molar-refractivity contribution in [2.75, 3.05) is 0 Å². The highest BCUT2D eigenvalue weighted by Crippen LogP contribution is 2.38. The van der Waals surface area contributed by atoms with Crippen molar-refractivity contribution in [1.29, 1.82) is 0 Å². The maximum atomic E-state index is 13.3. The van der Waals surface area contributed by atoms with Gasteiger partial charge in [-0.1, -0.05) is 25.6 Å². The Hall–Kier alpha value is -1.44. The number of nitrogens with zero attached hydrogens (tertiary/aromatic N) is 3. The minimum Gasteiger partial charge on any atom is -0.301 e. The van der Waals surface area contributed by atoms with Crippen LogP contribution in [0.1, 0.15) is 45.6 Å². The average molecular weight is 328 g/mol. The highest BCUT2D eigenvalue weighted by molar-refractivity contribution is 7.99. The monoisotopic (exact) mass is 328 g/mol. The lowest BCUT2D eigenvalue weighted by Crippen LogP contribution is -2.27. The van der Waals surface area contributed by atoms with Crippen LogP contribution in [0.25, 0.3) is 11.0 Å². The van der Waals surface area contributed by atoms with Gasteiger partial charge in [-0.3, -0.25) is 4.79 Å². The second-order valence-corrected chi connectivity index (χ2v) is 7.52. The maximum absolute atomic E-state index is 13.3. The Morgan fingerprint density at radius 2 is 2.09 bits per heavy atom. The van der Waals surface area contributed by atoms with E-state index in [1.54, 1.807) is 4.68 Å². The van der Waals surface area contributed by atoms with Gasteiger partial charge in [-0.05, 0) is 12.8 Å². The quantitative estimate of drug-likeness (QED) is 0.693. The molecule has 0 saturated heterocycles. The smallest absolute Gasteiger partial charge is 0.262 e. The molecule has 0 unspecified atom stereocenters. The molecule has 0 aromatic carbocycles. The van der Waals surface area contributed by atoms with Crippen LogP contribution in [-0.4, -0.2) is 30.9 Å². The number of rotatable bonds is 3. The van der Waals surface area contributed by atoms with Crippen molar-refractivity contribution in [3.63, 3.8) is 0 Å². The zero-order valence-corrected chi connectivity index (χ0v) is 13.3. The molecule has 0 bridgehead atoms. The van der Waals surface area contributed by atoms with E-state index >= 15 is 0 Å². The number of H-pyrrole nitrogens is 1. The van der Waals surface area contributed by atoms with Gasteiger partial charge in [0, 0.05) is 18.1 Å². The summed E-state index contributed by atoms with van der Waals surface area (Å²) < 4.78 is 28.2. The predicted octanol–water partition coefficient (Wildman–Crippen LogP) is 3.37. The molecule has 1 aliphatic carbocycles. The summed E-state index contributed by atoms with van der Waals surface area (Å²) >= 11 is 1.46. The largest absolute Gasteiger partial charge is 0.301 e. The lowest BCUT2D eigenvalue weighted by Gasteiger charge is -2.28. The van der Waals surface area contributed by atoms with Gasteiger partial charge in [0.2, 0.25) is 5.92 Å². The fraction of sp³-hybridized carbons (Fsp3) is 0.643. The summed E-state index contributed by atoms with van der Waals surface area (Å²) in [6.45, 7) is 4.02. The summed E-state index contributed by atoms with van der Waals surface area (Å²) in [6, 6.07) is -0.122. The van der Waals surface area contributed by atoms with Crippen molar-refractivity contribution < 1.29 is 8.78 Å². The molecule has 0 spiro atoms. The first kappa shape index (κ1) is 15.5. The lowest BCUT2D eigenvalue weighted by atomic mass is 9.92. The highest BCUT2D eigenvalue weighted by Gasteiger charge is 2.36. The van der Waals surface area contributed by atoms with Gasteiger partial charge in [0.15, 0.2) is 10.8 Å². The number of aromatic amines is 1. The summed E-state index contributed by atoms with van der Waals surface area (Å²) in [5.41, 5.74) is 0.252. The molecule has 0 aliphatic heterocycles. The number of nitrogens with one attached hydrogen (secondary N) is 1. The Bertz CT molecular complexity index is 730. The van der Waals surface area contributed by atoms with E-state index in [2.05, 4.69) is 15.1 Å². The third-order valence-electron chi connectivity index (χ3n) is 3.82. The molecule has 1 saturated carbocycles. The molecule has 1 N–H and O–H groups in total. The SMILES string of the molecule is CC(C)Sc1nc2c(cnn2C2CCC(F)(F)CC2)c(=O)[nH]1. The van der Waals surface area contributed by atoms with Crippen LogP contribution in [0.4, 0.5) is 8.78 Å². The molecule has 120 valence electrons. The van der Waals surface area contributed by atoms with E-state index < -0.39 is 5.92 Å². The van der Waals surface area contributed by atoms with E-state index in [1.165, 1.54) is 18.0 Å². The number of thioether (sulfide) groups is 1. The van der Waals surface area contributed by atoms with E-state index in [1.807, 2.05) is 13.8 Å². The first-order chi connectivity index (χ1) is 10.4. The Kier molecular flexibility index (Phi) is 3.96. The summed E-state index contributed by atoms with van der Waals surface area (Å²) in [5, 5.41) is 5.46. The molecular weight excluding hydrogens is 310 g/mol. The fourth-order valence-electron chi connectivity index (χ4n) is 2.73. The summed E-state index contributed by atoms with van der Waals surface area (Å²) in [7, 11) is 0. The van der Waals surface area contributed by atoms with Crippen molar-refractivity contribution in [3.05, 3.63) is 16.6 Å². The Morgan fingerprint density at radius 1 is 1.41 bits per heavy atom. The third-order valence-corrected chi connectivity index (χ3v) is 4.71. The van der Waals surface area contributed by atoms with Gasteiger partial charge in [-0.25, -0.2) is 18.4 Å². The summed E-state index contributed by atoms with van der Waals surface area (Å²) in [6.07, 6.45) is 1.89. The van der Waals surface area contributed by atoms with Crippen molar-refractivity contribution in [2.45, 2.75) is 61.9 Å². The molecule has 0 radical (unpaired) electrons. The molecule has 8 heteroatoms. The molecule has 3 rings (SSSR count). The standard InChI is InChI=1S/C14H18F2N4OS/c1-8(2)22-13-18-11-10(12(21)19-13)7-17-20(11)9-3-5-14(15,16)6-4-9/h7-9H,3-6H2,1-2H3,(H,18,19,21). The van der Waals surface area contributed by atoms with E-state index in [4.69, 9.17) is 0 Å². The number of aromatic nitrogens is 4. The average Bonchev–Trinajstić information content (AvgIpc) is 2.82. The summed E-state index contributed by atoms with van der Waals surface area (Å²) in [4.78, 5) is 19.3. The topological polar surface area (TPSA) is 63.6 Å². The highest BCUT2D eigenvalue weighted by atomic mass is 32.2. The summed E-state index contributed by atoms with van der Waals surface area (Å²) in [5.74, 6) is -2.58. The van der Waals surface area contributed by atoms with Crippen LogP contribution < -0.4 is 5.56 Å². The Morgan fingerprint density at radius 3 is 2.73 bits per heavy atom. The first-order valence-electron chi connectivity index (χ1n) is 7.38. The second-order valence-electron chi connectivity index (χ2n) is 5.95. The van der Waals surface area contributed by atoms with E-state index in [0.717, 1.165) is 0 Å². The predicted molar refractivity (Wildman–Crippen MR) is 81.6 cm³/mol. The number of fused-ring (bicyclic) bond motifs is 1.